The Bertz CT molecular complexity index is 772. The number of hydrogen-bond donors (Lipinski definition) is 1. The smallest absolute Gasteiger partial charge is 0.305 e. The maximum absolute atomic E-state index is 11.1. The molecule has 34 heavy (non-hydrogen) atoms. The van der Waals surface area contributed by atoms with Crippen LogP contribution in [0.4, 0.5) is 0 Å². The van der Waals surface area contributed by atoms with Gasteiger partial charge in [0.1, 0.15) is 31.2 Å². The van der Waals surface area contributed by atoms with Crippen LogP contribution in [0.25, 0.3) is 0 Å². The van der Waals surface area contributed by atoms with E-state index in [1.54, 1.807) is 0 Å². The van der Waals surface area contributed by atoms with E-state index in [2.05, 4.69) is 10.9 Å². The fourth-order valence-corrected chi connectivity index (χ4v) is 3.37. The zero-order valence-corrected chi connectivity index (χ0v) is 20.6. The predicted octanol–water partition coefficient (Wildman–Crippen LogP) is 5.35. The van der Waals surface area contributed by atoms with Crippen LogP contribution in [0.3, 0.4) is 0 Å². The first-order valence-corrected chi connectivity index (χ1v) is 11.9. The first kappa shape index (κ1) is 29.2. The highest BCUT2D eigenvalue weighted by atomic mass is 17.0. The minimum atomic E-state index is -0.898. The van der Waals surface area contributed by atoms with Gasteiger partial charge in [0.2, 0.25) is 0 Å². The van der Waals surface area contributed by atoms with E-state index in [4.69, 9.17) is 9.47 Å². The van der Waals surface area contributed by atoms with Crippen molar-refractivity contribution in [3.05, 3.63) is 64.2 Å². The zero-order chi connectivity index (χ0) is 25.2. The van der Waals surface area contributed by atoms with Crippen LogP contribution in [-0.4, -0.2) is 41.6 Å². The lowest BCUT2D eigenvalue weighted by Gasteiger charge is -2.10. The van der Waals surface area contributed by atoms with Crippen LogP contribution in [0.15, 0.2) is 48.6 Å². The first-order valence-electron chi connectivity index (χ1n) is 11.9. The number of hydrogen-bond acceptors (Lipinski definition) is 7. The number of benzene rings is 1. The van der Waals surface area contributed by atoms with Gasteiger partial charge in [0.05, 0.1) is 0 Å². The van der Waals surface area contributed by atoms with Gasteiger partial charge in [0, 0.05) is 6.42 Å². The molecule has 1 aliphatic rings. The van der Waals surface area contributed by atoms with Crippen LogP contribution in [0.5, 0.6) is 5.75 Å². The summed E-state index contributed by atoms with van der Waals surface area (Å²) in [6, 6.07) is 7.89. The van der Waals surface area contributed by atoms with E-state index in [0.717, 1.165) is 12.2 Å². The molecular formula is C26H39NO7. The Labute approximate surface area is 202 Å². The van der Waals surface area contributed by atoms with Gasteiger partial charge >= 0.3 is 5.97 Å². The fraction of sp³-hybridized carbons (Fsp3) is 0.577. The Kier molecular flexibility index (Phi) is 15.1. The number of unbranched alkanes of at least 4 members (excludes halogenated alkanes) is 1. The SMILES string of the molecule is C/C=C\CCCC(=O)OCC(C)O[N+](=O)[O-].Cc1cccc(OCC(O)/C=C/C2CCCC2)c1. The molecule has 2 atom stereocenters. The molecule has 0 amide bonds. The molecule has 0 radical (unpaired) electrons. The molecule has 2 unspecified atom stereocenters. The summed E-state index contributed by atoms with van der Waals surface area (Å²) in [6.45, 7) is 5.64. The summed E-state index contributed by atoms with van der Waals surface area (Å²) in [6.07, 6.45) is 13.7. The van der Waals surface area contributed by atoms with Crippen molar-refractivity contribution in [1.82, 2.24) is 0 Å². The van der Waals surface area contributed by atoms with Gasteiger partial charge in [-0.05, 0) is 70.1 Å². The summed E-state index contributed by atoms with van der Waals surface area (Å²) >= 11 is 0. The van der Waals surface area contributed by atoms with E-state index in [1.165, 1.54) is 38.2 Å². The summed E-state index contributed by atoms with van der Waals surface area (Å²) in [5, 5.41) is 18.9. The van der Waals surface area contributed by atoms with Crippen molar-refractivity contribution in [3.63, 3.8) is 0 Å². The topological polar surface area (TPSA) is 108 Å². The molecule has 8 heteroatoms. The molecule has 0 heterocycles. The maximum Gasteiger partial charge on any atom is 0.305 e. The molecule has 1 fully saturated rings. The molecule has 1 aromatic carbocycles. The third-order valence-electron chi connectivity index (χ3n) is 5.15. The molecule has 0 spiro atoms. The largest absolute Gasteiger partial charge is 0.491 e. The van der Waals surface area contributed by atoms with Gasteiger partial charge in [-0.25, -0.2) is 0 Å². The van der Waals surface area contributed by atoms with E-state index in [9.17, 15) is 20.0 Å². The molecule has 0 bridgehead atoms. The van der Waals surface area contributed by atoms with E-state index in [0.29, 0.717) is 25.4 Å². The van der Waals surface area contributed by atoms with Crippen LogP contribution in [0.2, 0.25) is 0 Å². The van der Waals surface area contributed by atoms with Gasteiger partial charge in [-0.2, -0.15) is 0 Å². The maximum atomic E-state index is 11.1. The number of aliphatic hydroxyl groups is 1. The quantitative estimate of drug-likeness (QED) is 0.134. The Morgan fingerprint density at radius 2 is 2.03 bits per heavy atom. The van der Waals surface area contributed by atoms with Gasteiger partial charge in [-0.1, -0.05) is 49.3 Å². The number of nitrogens with zero attached hydrogens (tertiary/aromatic N) is 1. The second-order valence-electron chi connectivity index (χ2n) is 8.41. The number of esters is 1. The first-order chi connectivity index (χ1) is 16.3. The van der Waals surface area contributed by atoms with Crippen molar-refractivity contribution in [1.29, 1.82) is 0 Å². The third kappa shape index (κ3) is 15.1. The highest BCUT2D eigenvalue weighted by Gasteiger charge is 2.12. The predicted molar refractivity (Wildman–Crippen MR) is 131 cm³/mol. The number of rotatable bonds is 13. The summed E-state index contributed by atoms with van der Waals surface area (Å²) in [5.74, 6) is 1.13. The number of aryl methyl sites for hydroxylation is 1. The Balaban J connectivity index is 0.000000344. The van der Waals surface area contributed by atoms with Crippen LogP contribution in [0.1, 0.15) is 64.4 Å². The molecule has 0 aliphatic heterocycles. The molecule has 1 N–H and O–H groups in total. The second kappa shape index (κ2) is 17.6. The molecule has 1 aromatic rings. The monoisotopic (exact) mass is 477 g/mol. The number of carbonyl (C=O) groups excluding carboxylic acids is 1. The van der Waals surface area contributed by atoms with Crippen LogP contribution in [-0.2, 0) is 14.4 Å². The van der Waals surface area contributed by atoms with Crippen molar-refractivity contribution in [2.24, 2.45) is 5.92 Å². The summed E-state index contributed by atoms with van der Waals surface area (Å²) < 4.78 is 10.4. The van der Waals surface area contributed by atoms with Crippen molar-refractivity contribution < 1.29 is 29.3 Å². The fourth-order valence-electron chi connectivity index (χ4n) is 3.37. The third-order valence-corrected chi connectivity index (χ3v) is 5.15. The molecule has 2 rings (SSSR count). The van der Waals surface area contributed by atoms with Crippen molar-refractivity contribution in [2.75, 3.05) is 13.2 Å². The molecule has 0 aromatic heterocycles. The lowest BCUT2D eigenvalue weighted by atomic mass is 10.1. The van der Waals surface area contributed by atoms with E-state index in [1.807, 2.05) is 56.3 Å². The lowest BCUT2D eigenvalue weighted by Crippen LogP contribution is -2.21. The van der Waals surface area contributed by atoms with Crippen LogP contribution < -0.4 is 4.74 Å². The van der Waals surface area contributed by atoms with Gasteiger partial charge in [0.15, 0.2) is 0 Å². The average molecular weight is 478 g/mol. The van der Waals surface area contributed by atoms with Crippen molar-refractivity contribution in [2.45, 2.75) is 77.9 Å². The molecule has 8 nitrogen and oxygen atoms in total. The van der Waals surface area contributed by atoms with Crippen molar-refractivity contribution >= 4 is 5.97 Å². The number of aliphatic hydroxyl groups excluding tert-OH is 1. The Hall–Kier alpha value is -2.87. The van der Waals surface area contributed by atoms with E-state index in [-0.39, 0.29) is 12.6 Å². The van der Waals surface area contributed by atoms with Crippen molar-refractivity contribution in [3.8, 4) is 5.75 Å². The molecule has 1 saturated carbocycles. The molecular weight excluding hydrogens is 438 g/mol. The van der Waals surface area contributed by atoms with Gasteiger partial charge in [-0.3, -0.25) is 4.79 Å². The molecule has 0 saturated heterocycles. The minimum Gasteiger partial charge on any atom is -0.491 e. The average Bonchev–Trinajstić information content (AvgIpc) is 3.32. The molecule has 1 aliphatic carbocycles. The molecule has 190 valence electrons. The summed E-state index contributed by atoms with van der Waals surface area (Å²) in [7, 11) is 0. The minimum absolute atomic E-state index is 0.0938. The number of allylic oxidation sites excluding steroid dienone is 3. The standard InChI is InChI=1S/C16H22O2.C10H17NO5/c1-13-5-4-8-16(11-13)18-12-15(17)10-9-14-6-2-3-7-14;1-3-4-5-6-7-10(12)15-8-9(2)16-11(13)14/h4-5,8-11,14-15,17H,2-3,6-7,12H2,1H3;3-4,9H,5-8H2,1-2H3/b10-9+;4-3-. The van der Waals surface area contributed by atoms with Crippen LogP contribution in [0, 0.1) is 23.0 Å². The van der Waals surface area contributed by atoms with Crippen LogP contribution >= 0.6 is 0 Å². The summed E-state index contributed by atoms with van der Waals surface area (Å²) in [5.41, 5.74) is 1.17. The zero-order valence-electron chi connectivity index (χ0n) is 20.6. The second-order valence-corrected chi connectivity index (χ2v) is 8.41. The normalized spacial score (nSPS) is 15.5. The van der Waals surface area contributed by atoms with Gasteiger partial charge in [0.25, 0.3) is 5.09 Å². The van der Waals surface area contributed by atoms with Gasteiger partial charge in [-0.15, -0.1) is 10.1 Å². The van der Waals surface area contributed by atoms with Gasteiger partial charge < -0.3 is 19.4 Å². The summed E-state index contributed by atoms with van der Waals surface area (Å²) in [4.78, 5) is 25.2. The van der Waals surface area contributed by atoms with E-state index < -0.39 is 17.3 Å². The highest BCUT2D eigenvalue weighted by Crippen LogP contribution is 2.25. The number of carbonyl (C=O) groups is 1. The Morgan fingerprint density at radius 1 is 1.29 bits per heavy atom. The highest BCUT2D eigenvalue weighted by molar-refractivity contribution is 5.69. The Morgan fingerprint density at radius 3 is 2.68 bits per heavy atom. The lowest BCUT2D eigenvalue weighted by molar-refractivity contribution is -0.767. The van der Waals surface area contributed by atoms with E-state index >= 15 is 0 Å². The number of ether oxygens (including phenoxy) is 2.